The van der Waals surface area contributed by atoms with E-state index in [0.717, 1.165) is 4.57 Å². The largest absolute Gasteiger partial charge is 0.479 e. The molecule has 0 radical (unpaired) electrons. The maximum Gasteiger partial charge on any atom is 0.351 e. The van der Waals surface area contributed by atoms with Crippen LogP contribution >= 0.6 is 0 Å². The van der Waals surface area contributed by atoms with Crippen LogP contribution < -0.4 is 33.7 Å². The van der Waals surface area contributed by atoms with Crippen molar-refractivity contribution in [3.05, 3.63) is 34.9 Å². The SMILES string of the molecule is CN(CC[C@H](N)CC(=O)N[C@H]1C=C[C@H](n2ccc(N)nc2=O)O[C@@H]1C(=O)O)[C@@]1(N)NO1. The highest BCUT2D eigenvalue weighted by Gasteiger charge is 2.45. The van der Waals surface area contributed by atoms with Gasteiger partial charge in [-0.15, -0.1) is 5.48 Å². The van der Waals surface area contributed by atoms with Crippen molar-refractivity contribution in [2.24, 2.45) is 11.5 Å². The van der Waals surface area contributed by atoms with Gasteiger partial charge in [0.1, 0.15) is 5.82 Å². The van der Waals surface area contributed by atoms with Gasteiger partial charge in [0.25, 0.3) is 5.97 Å². The molecular weight excluding hydrogens is 412 g/mol. The third-order valence-corrected chi connectivity index (χ3v) is 4.95. The monoisotopic (exact) mass is 438 g/mol. The van der Waals surface area contributed by atoms with Gasteiger partial charge < -0.3 is 26.6 Å². The van der Waals surface area contributed by atoms with Gasteiger partial charge >= 0.3 is 11.7 Å². The van der Waals surface area contributed by atoms with E-state index in [1.54, 1.807) is 11.9 Å². The standard InChI is InChI=1S/C17H26N8O6/c1-24(17(20)23-31-17)6-4-9(18)8-12(26)21-10-2-3-13(30-14(10)15(27)28)25-7-5-11(19)22-16(25)29/h2-3,5,7,9-10,13-14,23H,4,6,8,18,20H2,1H3,(H,21,26)(H,27,28)(H2,19,22,29)/t9-,10-,13+,14-,17+/m0/s1. The molecule has 1 fully saturated rings. The van der Waals surface area contributed by atoms with E-state index in [9.17, 15) is 19.5 Å². The molecule has 0 aliphatic carbocycles. The molecule has 170 valence electrons. The van der Waals surface area contributed by atoms with Crippen LogP contribution in [-0.4, -0.2) is 69.2 Å². The first-order valence-corrected chi connectivity index (χ1v) is 9.50. The Morgan fingerprint density at radius 3 is 2.81 bits per heavy atom. The third kappa shape index (κ3) is 5.63. The molecule has 1 aromatic rings. The van der Waals surface area contributed by atoms with E-state index >= 15 is 0 Å². The number of ether oxygens (including phenoxy) is 1. The Morgan fingerprint density at radius 1 is 1.48 bits per heavy atom. The van der Waals surface area contributed by atoms with Crippen LogP contribution in [0.5, 0.6) is 0 Å². The quantitative estimate of drug-likeness (QED) is 0.129. The fourth-order valence-electron chi connectivity index (χ4n) is 3.03. The van der Waals surface area contributed by atoms with Crippen LogP contribution in [0.15, 0.2) is 29.2 Å². The number of amides is 1. The smallest absolute Gasteiger partial charge is 0.351 e. The van der Waals surface area contributed by atoms with E-state index in [1.807, 2.05) is 0 Å². The van der Waals surface area contributed by atoms with E-state index in [1.165, 1.54) is 24.4 Å². The minimum Gasteiger partial charge on any atom is -0.479 e. The lowest BCUT2D eigenvalue weighted by Crippen LogP contribution is -2.51. The lowest BCUT2D eigenvalue weighted by molar-refractivity contribution is -0.159. The van der Waals surface area contributed by atoms with Gasteiger partial charge in [0, 0.05) is 25.2 Å². The summed E-state index contributed by atoms with van der Waals surface area (Å²) in [5.41, 5.74) is 19.1. The van der Waals surface area contributed by atoms with Crippen LogP contribution in [-0.2, 0) is 19.2 Å². The summed E-state index contributed by atoms with van der Waals surface area (Å²) in [5, 5.41) is 12.1. The highest BCUT2D eigenvalue weighted by molar-refractivity contribution is 5.80. The van der Waals surface area contributed by atoms with E-state index in [-0.39, 0.29) is 12.2 Å². The summed E-state index contributed by atoms with van der Waals surface area (Å²) in [6.45, 7) is 0.480. The molecule has 0 saturated carbocycles. The Bertz CT molecular complexity index is 916. The van der Waals surface area contributed by atoms with E-state index in [0.29, 0.717) is 13.0 Å². The van der Waals surface area contributed by atoms with Crippen molar-refractivity contribution < 1.29 is 24.3 Å². The van der Waals surface area contributed by atoms with Crippen molar-refractivity contribution in [1.82, 2.24) is 25.2 Å². The zero-order valence-corrected chi connectivity index (χ0v) is 16.8. The van der Waals surface area contributed by atoms with Crippen molar-refractivity contribution in [3.63, 3.8) is 0 Å². The number of carbonyl (C=O) groups is 2. The molecule has 2 aliphatic rings. The molecule has 1 aromatic heterocycles. The number of aliphatic carboxylic acids is 1. The number of carboxylic acid groups (broad SMARTS) is 1. The summed E-state index contributed by atoms with van der Waals surface area (Å²) >= 11 is 0. The molecule has 9 N–H and O–H groups in total. The maximum atomic E-state index is 12.4. The van der Waals surface area contributed by atoms with Gasteiger partial charge in [-0.3, -0.25) is 15.1 Å². The number of rotatable bonds is 9. The van der Waals surface area contributed by atoms with Crippen LogP contribution in [0.2, 0.25) is 0 Å². The molecule has 0 bridgehead atoms. The summed E-state index contributed by atoms with van der Waals surface area (Å²) in [6, 6.07) is -0.0300. The Morgan fingerprint density at radius 2 is 2.19 bits per heavy atom. The molecule has 1 saturated heterocycles. The van der Waals surface area contributed by atoms with Crippen LogP contribution in [0, 0.1) is 0 Å². The second-order valence-electron chi connectivity index (χ2n) is 7.38. The molecule has 2 aliphatic heterocycles. The Labute approximate surface area is 176 Å². The molecular formula is C17H26N8O6. The topological polar surface area (TPSA) is 226 Å². The molecule has 0 spiro atoms. The molecule has 3 rings (SSSR count). The summed E-state index contributed by atoms with van der Waals surface area (Å²) in [7, 11) is 1.74. The summed E-state index contributed by atoms with van der Waals surface area (Å²) in [5.74, 6) is -2.70. The average molecular weight is 438 g/mol. The Hall–Kier alpha value is -2.88. The molecule has 31 heavy (non-hydrogen) atoms. The lowest BCUT2D eigenvalue weighted by atomic mass is 10.1. The zero-order valence-electron chi connectivity index (χ0n) is 16.8. The molecule has 5 atom stereocenters. The summed E-state index contributed by atoms with van der Waals surface area (Å²) < 4.78 is 6.60. The van der Waals surface area contributed by atoms with Crippen molar-refractivity contribution >= 4 is 17.7 Å². The molecule has 1 amide bonds. The number of aromatic nitrogens is 2. The molecule has 0 aromatic carbocycles. The first-order chi connectivity index (χ1) is 14.6. The highest BCUT2D eigenvalue weighted by atomic mass is 16.8. The number of carbonyl (C=O) groups excluding carboxylic acids is 1. The van der Waals surface area contributed by atoms with Gasteiger partial charge in [0.15, 0.2) is 12.3 Å². The number of hydrogen-bond acceptors (Lipinski definition) is 11. The molecule has 0 unspecified atom stereocenters. The Balaban J connectivity index is 1.57. The van der Waals surface area contributed by atoms with Crippen molar-refractivity contribution in [2.75, 3.05) is 19.3 Å². The van der Waals surface area contributed by atoms with Crippen LogP contribution in [0.1, 0.15) is 19.1 Å². The number of hydrogen-bond donors (Lipinski definition) is 6. The van der Waals surface area contributed by atoms with Gasteiger partial charge in [-0.1, -0.05) is 6.08 Å². The van der Waals surface area contributed by atoms with Crippen molar-refractivity contribution in [1.29, 1.82) is 0 Å². The Kier molecular flexibility index (Phi) is 6.68. The van der Waals surface area contributed by atoms with Gasteiger partial charge in [-0.2, -0.15) is 4.98 Å². The summed E-state index contributed by atoms with van der Waals surface area (Å²) in [4.78, 5) is 46.2. The number of nitrogens with one attached hydrogen (secondary N) is 2. The van der Waals surface area contributed by atoms with Gasteiger partial charge in [0.2, 0.25) is 5.91 Å². The van der Waals surface area contributed by atoms with Gasteiger partial charge in [-0.25, -0.2) is 19.3 Å². The molecule has 14 heteroatoms. The number of carboxylic acids is 1. The number of nitrogens with zero attached hydrogens (tertiary/aromatic N) is 3. The second kappa shape index (κ2) is 9.09. The van der Waals surface area contributed by atoms with Crippen LogP contribution in [0.3, 0.4) is 0 Å². The van der Waals surface area contributed by atoms with Gasteiger partial charge in [0.05, 0.1) is 6.04 Å². The zero-order chi connectivity index (χ0) is 22.8. The lowest BCUT2D eigenvalue weighted by Gasteiger charge is -2.31. The van der Waals surface area contributed by atoms with Crippen LogP contribution in [0.4, 0.5) is 5.82 Å². The maximum absolute atomic E-state index is 12.4. The molecule has 3 heterocycles. The number of nitrogens with two attached hydrogens (primary N) is 3. The normalized spacial score (nSPS) is 28.3. The fraction of sp³-hybridized carbons (Fsp3) is 0.529. The second-order valence-corrected chi connectivity index (χ2v) is 7.38. The van der Waals surface area contributed by atoms with Gasteiger partial charge in [-0.05, 0) is 25.6 Å². The van der Waals surface area contributed by atoms with E-state index in [4.69, 9.17) is 26.8 Å². The molecule has 14 nitrogen and oxygen atoms in total. The van der Waals surface area contributed by atoms with Crippen LogP contribution in [0.25, 0.3) is 0 Å². The number of anilines is 1. The van der Waals surface area contributed by atoms with Crippen molar-refractivity contribution in [2.45, 2.75) is 43.2 Å². The van der Waals surface area contributed by atoms with E-state index in [2.05, 4.69) is 15.8 Å². The first-order valence-electron chi connectivity index (χ1n) is 9.50. The highest BCUT2D eigenvalue weighted by Crippen LogP contribution is 2.21. The third-order valence-electron chi connectivity index (χ3n) is 4.95. The van der Waals surface area contributed by atoms with E-state index < -0.39 is 48.0 Å². The minimum atomic E-state index is -1.42. The first kappa shape index (κ1) is 22.8. The predicted molar refractivity (Wildman–Crippen MR) is 107 cm³/mol. The predicted octanol–water partition coefficient (Wildman–Crippen LogP) is -3.01. The van der Waals surface area contributed by atoms with Crippen molar-refractivity contribution in [3.8, 4) is 0 Å². The fourth-order valence-corrected chi connectivity index (χ4v) is 3.03. The number of nitrogen functional groups attached to an aromatic ring is 1. The average Bonchev–Trinajstić information content (AvgIpc) is 3.45. The number of hydroxylamine groups is 1. The summed E-state index contributed by atoms with van der Waals surface area (Å²) in [6.07, 6.45) is 2.28. The minimum absolute atomic E-state index is 0.0266.